The van der Waals surface area contributed by atoms with Crippen LogP contribution in [0.3, 0.4) is 0 Å². The lowest BCUT2D eigenvalue weighted by molar-refractivity contribution is 0.596. The zero-order valence-electron chi connectivity index (χ0n) is 33.1. The number of para-hydroxylation sites is 1. The highest BCUT2D eigenvalue weighted by Gasteiger charge is 2.20. The lowest BCUT2D eigenvalue weighted by Gasteiger charge is -2.27. The normalized spacial score (nSPS) is 12.1. The second-order valence-corrected chi connectivity index (χ2v) is 15.6. The molecule has 284 valence electrons. The van der Waals surface area contributed by atoms with Gasteiger partial charge in [0.1, 0.15) is 11.3 Å². The second-order valence-electron chi connectivity index (χ2n) is 15.6. The number of furan rings is 1. The lowest BCUT2D eigenvalue weighted by Crippen LogP contribution is -2.10. The summed E-state index contributed by atoms with van der Waals surface area (Å²) in [4.78, 5) is 2.38. The van der Waals surface area contributed by atoms with Gasteiger partial charge >= 0.3 is 0 Å². The predicted octanol–water partition coefficient (Wildman–Crippen LogP) is 16.4. The first-order chi connectivity index (χ1) is 29.7. The van der Waals surface area contributed by atoms with Crippen molar-refractivity contribution in [2.45, 2.75) is 12.8 Å². The fraction of sp³-hybridized carbons (Fsp3) is 0.0345. The molecule has 1 heterocycles. The second kappa shape index (κ2) is 15.2. The van der Waals surface area contributed by atoms with Crippen LogP contribution in [-0.2, 0) is 6.42 Å². The van der Waals surface area contributed by atoms with E-state index in [4.69, 9.17) is 4.42 Å². The molecule has 0 amide bonds. The molecule has 0 radical (unpaired) electrons. The van der Waals surface area contributed by atoms with E-state index < -0.39 is 0 Å². The molecule has 0 atom stereocenters. The summed E-state index contributed by atoms with van der Waals surface area (Å²) in [6.07, 6.45) is 6.40. The summed E-state index contributed by atoms with van der Waals surface area (Å²) >= 11 is 0. The van der Waals surface area contributed by atoms with Gasteiger partial charge < -0.3 is 9.32 Å². The number of hydrogen-bond donors (Lipinski definition) is 0. The van der Waals surface area contributed by atoms with Crippen molar-refractivity contribution in [3.05, 3.63) is 230 Å². The van der Waals surface area contributed by atoms with Crippen LogP contribution in [0.5, 0.6) is 0 Å². The lowest BCUT2D eigenvalue weighted by atomic mass is 9.96. The van der Waals surface area contributed by atoms with Crippen LogP contribution in [0, 0.1) is 0 Å². The van der Waals surface area contributed by atoms with Gasteiger partial charge in [-0.15, -0.1) is 0 Å². The largest absolute Gasteiger partial charge is 0.456 e. The summed E-state index contributed by atoms with van der Waals surface area (Å²) in [5.41, 5.74) is 17.2. The minimum absolute atomic E-state index is 0.960. The van der Waals surface area contributed by atoms with Crippen molar-refractivity contribution in [2.75, 3.05) is 4.90 Å². The highest BCUT2D eigenvalue weighted by molar-refractivity contribution is 5.97. The quantitative estimate of drug-likeness (QED) is 0.153. The molecule has 1 aliphatic carbocycles. The highest BCUT2D eigenvalue weighted by atomic mass is 16.3. The molecule has 10 aromatic rings. The zero-order valence-corrected chi connectivity index (χ0v) is 33.1. The van der Waals surface area contributed by atoms with Crippen LogP contribution in [0.25, 0.3) is 83.5 Å². The van der Waals surface area contributed by atoms with Crippen molar-refractivity contribution < 1.29 is 4.42 Å². The summed E-state index contributed by atoms with van der Waals surface area (Å²) in [6.45, 7) is 0. The molecule has 0 saturated heterocycles. The Morgan fingerprint density at radius 2 is 0.900 bits per heavy atom. The van der Waals surface area contributed by atoms with E-state index in [9.17, 15) is 0 Å². The summed E-state index contributed by atoms with van der Waals surface area (Å²) in [5.74, 6) is 0.989. The molecule has 0 unspecified atom stereocenters. The van der Waals surface area contributed by atoms with E-state index in [0.29, 0.717) is 0 Å². The third kappa shape index (κ3) is 6.68. The number of anilines is 3. The molecule has 0 aliphatic heterocycles. The van der Waals surface area contributed by atoms with Crippen molar-refractivity contribution in [3.8, 4) is 55.6 Å². The number of allylic oxidation sites excluding steroid dienone is 1. The Kier molecular flexibility index (Phi) is 9.02. The third-order valence-electron chi connectivity index (χ3n) is 11.9. The number of benzene rings is 9. The van der Waals surface area contributed by atoms with E-state index >= 15 is 0 Å². The Labute approximate surface area is 351 Å². The maximum atomic E-state index is 6.50. The topological polar surface area (TPSA) is 16.4 Å². The van der Waals surface area contributed by atoms with E-state index in [1.165, 1.54) is 66.2 Å². The minimum atomic E-state index is 0.960. The first kappa shape index (κ1) is 35.5. The molecule has 11 rings (SSSR count). The first-order valence-corrected chi connectivity index (χ1v) is 20.8. The van der Waals surface area contributed by atoms with Crippen molar-refractivity contribution in [2.24, 2.45) is 0 Å². The smallest absolute Gasteiger partial charge is 0.142 e. The molecule has 2 heteroatoms. The predicted molar refractivity (Wildman–Crippen MR) is 253 cm³/mol. The molecule has 0 bridgehead atoms. The maximum Gasteiger partial charge on any atom is 0.142 e. The molecule has 0 N–H and O–H groups in total. The van der Waals surface area contributed by atoms with E-state index in [-0.39, 0.29) is 0 Å². The van der Waals surface area contributed by atoms with Crippen LogP contribution in [0.4, 0.5) is 17.1 Å². The van der Waals surface area contributed by atoms with E-state index in [1.54, 1.807) is 0 Å². The van der Waals surface area contributed by atoms with Gasteiger partial charge in [-0.2, -0.15) is 0 Å². The van der Waals surface area contributed by atoms with Crippen LogP contribution in [-0.4, -0.2) is 0 Å². The average Bonchev–Trinajstić information content (AvgIpc) is 3.72. The monoisotopic (exact) mass is 767 g/mol. The number of hydrogen-bond acceptors (Lipinski definition) is 2. The summed E-state index contributed by atoms with van der Waals surface area (Å²) in [5, 5.41) is 3.72. The van der Waals surface area contributed by atoms with Crippen molar-refractivity contribution in [1.82, 2.24) is 0 Å². The minimum Gasteiger partial charge on any atom is -0.456 e. The van der Waals surface area contributed by atoms with Crippen LogP contribution in [0.15, 0.2) is 223 Å². The Morgan fingerprint density at radius 3 is 1.60 bits per heavy atom. The van der Waals surface area contributed by atoms with Gasteiger partial charge in [0.2, 0.25) is 0 Å². The van der Waals surface area contributed by atoms with E-state index in [0.717, 1.165) is 52.4 Å². The Morgan fingerprint density at radius 1 is 0.367 bits per heavy atom. The summed E-state index contributed by atoms with van der Waals surface area (Å²) < 4.78 is 6.50. The van der Waals surface area contributed by atoms with Gasteiger partial charge in [-0.1, -0.05) is 164 Å². The van der Waals surface area contributed by atoms with Crippen molar-refractivity contribution in [3.63, 3.8) is 0 Å². The van der Waals surface area contributed by atoms with Crippen LogP contribution >= 0.6 is 0 Å². The van der Waals surface area contributed by atoms with Crippen molar-refractivity contribution in [1.29, 1.82) is 0 Å². The summed E-state index contributed by atoms with van der Waals surface area (Å²) in [6, 6.07) is 77.0. The van der Waals surface area contributed by atoms with Crippen LogP contribution in [0.2, 0.25) is 0 Å². The molecule has 0 saturated carbocycles. The molecular formula is C58H41NO. The standard InChI is InChI=1S/C58H41NO/c1-3-13-40(14-4-1)49-37-50(41-15-5-2-6-16-41)39-53(38-49)59(52-33-29-44(30-34-52)54-22-12-23-56-55-21-9-10-24-57(55)60-58(54)56)51-31-27-43(28-32-51)46-19-11-20-47(35-46)48-26-25-42-17-7-8-18-45(42)36-48/h1-8,10-20,22-39H,9,21H2. The van der Waals surface area contributed by atoms with Crippen molar-refractivity contribution >= 4 is 44.9 Å². The Hall–Kier alpha value is -7.68. The van der Waals surface area contributed by atoms with Gasteiger partial charge in [0.15, 0.2) is 0 Å². The molecule has 0 spiro atoms. The fourth-order valence-corrected chi connectivity index (χ4v) is 8.85. The molecule has 1 aromatic heterocycles. The SMILES string of the molecule is C1=Cc2oc3c(-c4ccc(N(c5ccc(-c6cccc(-c7ccc8ccccc8c7)c6)cc5)c5cc(-c6ccccc6)cc(-c6ccccc6)c5)cc4)cccc3c2CC1. The van der Waals surface area contributed by atoms with E-state index in [2.05, 4.69) is 229 Å². The third-order valence-corrected chi connectivity index (χ3v) is 11.9. The van der Waals surface area contributed by atoms with Crippen LogP contribution in [0.1, 0.15) is 17.7 Å². The number of fused-ring (bicyclic) bond motifs is 4. The van der Waals surface area contributed by atoms with E-state index in [1.807, 2.05) is 0 Å². The zero-order chi connectivity index (χ0) is 39.8. The van der Waals surface area contributed by atoms with Gasteiger partial charge in [-0.3, -0.25) is 0 Å². The maximum absolute atomic E-state index is 6.50. The van der Waals surface area contributed by atoms with Gasteiger partial charge in [-0.05, 0) is 134 Å². The molecule has 9 aromatic carbocycles. The van der Waals surface area contributed by atoms with Crippen LogP contribution < -0.4 is 4.90 Å². The Balaban J connectivity index is 1.02. The Bertz CT molecular complexity index is 3120. The fourth-order valence-electron chi connectivity index (χ4n) is 8.85. The molecule has 0 fully saturated rings. The summed E-state index contributed by atoms with van der Waals surface area (Å²) in [7, 11) is 0. The number of aryl methyl sites for hydroxylation is 1. The average molecular weight is 768 g/mol. The van der Waals surface area contributed by atoms with Gasteiger partial charge in [0, 0.05) is 33.6 Å². The molecule has 1 aliphatic rings. The van der Waals surface area contributed by atoms with Gasteiger partial charge in [0.05, 0.1) is 0 Å². The van der Waals surface area contributed by atoms with Gasteiger partial charge in [0.25, 0.3) is 0 Å². The number of rotatable bonds is 8. The highest BCUT2D eigenvalue weighted by Crippen LogP contribution is 2.42. The molecule has 2 nitrogen and oxygen atoms in total. The first-order valence-electron chi connectivity index (χ1n) is 20.8. The van der Waals surface area contributed by atoms with Gasteiger partial charge in [-0.25, -0.2) is 0 Å². The number of nitrogens with zero attached hydrogens (tertiary/aromatic N) is 1. The molecular weight excluding hydrogens is 727 g/mol. The molecule has 60 heavy (non-hydrogen) atoms.